The van der Waals surface area contributed by atoms with Gasteiger partial charge in [0.2, 0.25) is 5.91 Å². The van der Waals surface area contributed by atoms with Crippen LogP contribution in [0.4, 0.5) is 4.79 Å². The van der Waals surface area contributed by atoms with Crippen molar-refractivity contribution in [3.05, 3.63) is 64.7 Å². The summed E-state index contributed by atoms with van der Waals surface area (Å²) in [7, 11) is 0. The summed E-state index contributed by atoms with van der Waals surface area (Å²) in [6.45, 7) is 5.49. The second kappa shape index (κ2) is 10.3. The maximum atomic E-state index is 13.3. The minimum absolute atomic E-state index is 0.130. The van der Waals surface area contributed by atoms with E-state index in [-0.39, 0.29) is 18.0 Å². The van der Waals surface area contributed by atoms with E-state index in [4.69, 9.17) is 27.1 Å². The smallest absolute Gasteiger partial charge is 0.410 e. The number of fused-ring (bicyclic) bond motifs is 1. The monoisotopic (exact) mass is 494 g/mol. The number of hydrogen-bond acceptors (Lipinski definition) is 5. The van der Waals surface area contributed by atoms with Gasteiger partial charge in [-0.2, -0.15) is 0 Å². The zero-order valence-corrected chi connectivity index (χ0v) is 20.4. The summed E-state index contributed by atoms with van der Waals surface area (Å²) in [4.78, 5) is 45.0. The van der Waals surface area contributed by atoms with Crippen LogP contribution in [0.5, 0.6) is 0 Å². The lowest BCUT2D eigenvalue weighted by Crippen LogP contribution is -2.55. The molecule has 0 aliphatic carbocycles. The van der Waals surface area contributed by atoms with E-state index in [1.807, 2.05) is 13.8 Å². The van der Waals surface area contributed by atoms with Gasteiger partial charge < -0.3 is 20.3 Å². The number of primary amides is 1. The van der Waals surface area contributed by atoms with E-state index in [2.05, 4.69) is 0 Å². The number of benzene rings is 2. The van der Waals surface area contributed by atoms with Gasteiger partial charge in [-0.3, -0.25) is 9.59 Å². The highest BCUT2D eigenvalue weighted by Crippen LogP contribution is 2.29. The summed E-state index contributed by atoms with van der Waals surface area (Å²) in [5.41, 5.74) is 8.21. The van der Waals surface area contributed by atoms with Crippen molar-refractivity contribution >= 4 is 40.4 Å². The van der Waals surface area contributed by atoms with Crippen LogP contribution < -0.4 is 5.73 Å². The molecular weight excluding hydrogens is 468 g/mol. The predicted octanol–water partition coefficient (Wildman–Crippen LogP) is 4.35. The summed E-state index contributed by atoms with van der Waals surface area (Å²) in [5, 5.41) is 1.24. The highest BCUT2D eigenvalue weighted by atomic mass is 35.5. The zero-order chi connectivity index (χ0) is 25.1. The number of aromatic nitrogens is 1. The zero-order valence-electron chi connectivity index (χ0n) is 19.7. The number of rotatable bonds is 5. The molecule has 1 unspecified atom stereocenters. The Morgan fingerprint density at radius 3 is 2.46 bits per heavy atom. The number of amides is 3. The third kappa shape index (κ3) is 5.22. The van der Waals surface area contributed by atoms with Gasteiger partial charge in [-0.1, -0.05) is 36.7 Å². The van der Waals surface area contributed by atoms with Gasteiger partial charge in [0.1, 0.15) is 0 Å². The topological polar surface area (TPSA) is 106 Å². The van der Waals surface area contributed by atoms with Crippen LogP contribution in [-0.2, 0) is 4.74 Å². The fourth-order valence-corrected chi connectivity index (χ4v) is 4.40. The molecule has 0 spiro atoms. The molecule has 3 amide bonds. The van der Waals surface area contributed by atoms with Crippen LogP contribution in [0.15, 0.2) is 48.5 Å². The molecule has 1 aliphatic heterocycles. The average Bonchev–Trinajstić information content (AvgIpc) is 2.86. The normalized spacial score (nSPS) is 15.8. The number of piperazine rings is 1. The van der Waals surface area contributed by atoms with Gasteiger partial charge in [-0.15, -0.1) is 0 Å². The van der Waals surface area contributed by atoms with Crippen molar-refractivity contribution in [2.45, 2.75) is 26.3 Å². The van der Waals surface area contributed by atoms with Gasteiger partial charge in [0, 0.05) is 47.8 Å². The van der Waals surface area contributed by atoms with Gasteiger partial charge in [0.15, 0.2) is 0 Å². The Morgan fingerprint density at radius 2 is 1.80 bits per heavy atom. The molecule has 35 heavy (non-hydrogen) atoms. The van der Waals surface area contributed by atoms with Crippen LogP contribution in [0.2, 0.25) is 5.02 Å². The van der Waals surface area contributed by atoms with Crippen LogP contribution in [0, 0.1) is 0 Å². The SMILES string of the molecule is CCCOC(=O)N1CCN(C(=O)c2ccc3c(Cl)cc(-c4ccc(C(N)=O)cc4)nc3c2)CC1C. The molecule has 3 aromatic rings. The van der Waals surface area contributed by atoms with Crippen molar-refractivity contribution in [2.24, 2.45) is 5.73 Å². The molecule has 1 saturated heterocycles. The Kier molecular flexibility index (Phi) is 7.21. The number of halogens is 1. The summed E-state index contributed by atoms with van der Waals surface area (Å²) < 4.78 is 5.25. The lowest BCUT2D eigenvalue weighted by molar-refractivity contribution is 0.0412. The molecule has 8 nitrogen and oxygen atoms in total. The molecule has 1 atom stereocenters. The Labute approximate surface area is 208 Å². The Bertz CT molecular complexity index is 1280. The number of nitrogens with two attached hydrogens (primary N) is 1. The number of nitrogens with zero attached hydrogens (tertiary/aromatic N) is 3. The van der Waals surface area contributed by atoms with Crippen molar-refractivity contribution in [3.8, 4) is 11.3 Å². The van der Waals surface area contributed by atoms with E-state index in [9.17, 15) is 14.4 Å². The minimum atomic E-state index is -0.503. The number of carbonyl (C=O) groups excluding carboxylic acids is 3. The van der Waals surface area contributed by atoms with Crippen LogP contribution in [-0.4, -0.2) is 65.0 Å². The second-order valence-electron chi connectivity index (χ2n) is 8.57. The summed E-state index contributed by atoms with van der Waals surface area (Å²) in [6.07, 6.45) is 0.423. The van der Waals surface area contributed by atoms with Gasteiger partial charge in [-0.05, 0) is 43.7 Å². The number of carbonyl (C=O) groups is 3. The van der Waals surface area contributed by atoms with E-state index in [1.54, 1.807) is 58.3 Å². The van der Waals surface area contributed by atoms with Crippen molar-refractivity contribution in [3.63, 3.8) is 0 Å². The number of pyridine rings is 1. The first-order valence-corrected chi connectivity index (χ1v) is 11.9. The van der Waals surface area contributed by atoms with Crippen molar-refractivity contribution in [1.82, 2.24) is 14.8 Å². The summed E-state index contributed by atoms with van der Waals surface area (Å²) in [6, 6.07) is 13.6. The Morgan fingerprint density at radius 1 is 1.09 bits per heavy atom. The standard InChI is InChI=1S/C26H27ClN4O4/c1-3-12-35-26(34)31-11-10-30(15-16(31)2)25(33)19-8-9-20-21(27)14-22(29-23(20)13-19)17-4-6-18(7-5-17)24(28)32/h4-9,13-14,16H,3,10-12,15H2,1-2H3,(H2,28,32). The van der Waals surface area contributed by atoms with Crippen LogP contribution >= 0.6 is 11.6 Å². The van der Waals surface area contributed by atoms with Crippen LogP contribution in [0.1, 0.15) is 41.0 Å². The third-order valence-electron chi connectivity index (χ3n) is 6.05. The molecular formula is C26H27ClN4O4. The fourth-order valence-electron chi connectivity index (χ4n) is 4.14. The highest BCUT2D eigenvalue weighted by molar-refractivity contribution is 6.35. The quantitative estimate of drug-likeness (QED) is 0.567. The molecule has 1 fully saturated rings. The van der Waals surface area contributed by atoms with E-state index < -0.39 is 5.91 Å². The van der Waals surface area contributed by atoms with Gasteiger partial charge in [-0.25, -0.2) is 9.78 Å². The molecule has 2 N–H and O–H groups in total. The first kappa shape index (κ1) is 24.5. The Hall–Kier alpha value is -3.65. The highest BCUT2D eigenvalue weighted by Gasteiger charge is 2.31. The molecule has 4 rings (SSSR count). The average molecular weight is 495 g/mol. The number of ether oxygens (including phenoxy) is 1. The Balaban J connectivity index is 1.55. The van der Waals surface area contributed by atoms with Gasteiger partial charge in [0.25, 0.3) is 5.91 Å². The van der Waals surface area contributed by atoms with Crippen LogP contribution in [0.3, 0.4) is 0 Å². The summed E-state index contributed by atoms with van der Waals surface area (Å²) >= 11 is 6.52. The predicted molar refractivity (Wildman–Crippen MR) is 134 cm³/mol. The first-order chi connectivity index (χ1) is 16.8. The van der Waals surface area contributed by atoms with Gasteiger partial charge in [0.05, 0.1) is 22.8 Å². The summed E-state index contributed by atoms with van der Waals surface area (Å²) in [5.74, 6) is -0.633. The lowest BCUT2D eigenvalue weighted by atomic mass is 10.1. The van der Waals surface area contributed by atoms with E-state index in [0.717, 1.165) is 17.4 Å². The van der Waals surface area contributed by atoms with E-state index >= 15 is 0 Å². The molecule has 182 valence electrons. The molecule has 2 aromatic carbocycles. The molecule has 1 aliphatic rings. The molecule has 0 radical (unpaired) electrons. The van der Waals surface area contributed by atoms with E-state index in [1.165, 1.54) is 0 Å². The lowest BCUT2D eigenvalue weighted by Gasteiger charge is -2.39. The molecule has 1 aromatic heterocycles. The van der Waals surface area contributed by atoms with Gasteiger partial charge >= 0.3 is 6.09 Å². The molecule has 0 bridgehead atoms. The first-order valence-electron chi connectivity index (χ1n) is 11.5. The maximum Gasteiger partial charge on any atom is 0.410 e. The minimum Gasteiger partial charge on any atom is -0.449 e. The second-order valence-corrected chi connectivity index (χ2v) is 8.98. The maximum absolute atomic E-state index is 13.3. The molecule has 9 heteroatoms. The molecule has 2 heterocycles. The third-order valence-corrected chi connectivity index (χ3v) is 6.36. The van der Waals surface area contributed by atoms with E-state index in [0.29, 0.717) is 53.6 Å². The molecule has 0 saturated carbocycles. The fraction of sp³-hybridized carbons (Fsp3) is 0.308. The van der Waals surface area contributed by atoms with Crippen molar-refractivity contribution in [2.75, 3.05) is 26.2 Å². The largest absolute Gasteiger partial charge is 0.449 e. The van der Waals surface area contributed by atoms with Crippen LogP contribution in [0.25, 0.3) is 22.2 Å². The van der Waals surface area contributed by atoms with Crippen molar-refractivity contribution < 1.29 is 19.1 Å². The van der Waals surface area contributed by atoms with Crippen molar-refractivity contribution in [1.29, 1.82) is 0 Å². The number of hydrogen-bond donors (Lipinski definition) is 1.